The summed E-state index contributed by atoms with van der Waals surface area (Å²) in [7, 11) is 0. The van der Waals surface area contributed by atoms with Gasteiger partial charge in [0.1, 0.15) is 0 Å². The van der Waals surface area contributed by atoms with E-state index in [0.29, 0.717) is 15.7 Å². The van der Waals surface area contributed by atoms with Crippen molar-refractivity contribution in [2.45, 2.75) is 9.79 Å². The molecule has 0 saturated carbocycles. The molecule has 4 heteroatoms. The number of rotatable bonds is 4. The first kappa shape index (κ1) is 16.1. The van der Waals surface area contributed by atoms with E-state index < -0.39 is 0 Å². The van der Waals surface area contributed by atoms with Crippen molar-refractivity contribution in [2.75, 3.05) is 0 Å². The minimum Gasteiger partial charge on any atom is -0.255 e. The van der Waals surface area contributed by atoms with Crippen LogP contribution in [0.25, 0.3) is 0 Å². The second-order valence-corrected chi connectivity index (χ2v) is 6.77. The number of hydrogen-bond acceptors (Lipinski definition) is 2. The van der Waals surface area contributed by atoms with Gasteiger partial charge in [-0.2, -0.15) is 0 Å². The molecule has 0 aliphatic carbocycles. The summed E-state index contributed by atoms with van der Waals surface area (Å²) in [6.45, 7) is 0. The molecule has 0 unspecified atom stereocenters. The highest BCUT2D eigenvalue weighted by molar-refractivity contribution is 7.99. The van der Waals surface area contributed by atoms with E-state index in [2.05, 4.69) is 23.2 Å². The number of aliphatic imine (C=N–C) groups is 1. The van der Waals surface area contributed by atoms with E-state index in [9.17, 15) is 0 Å². The summed E-state index contributed by atoms with van der Waals surface area (Å²) >= 11 is 13.8. The van der Waals surface area contributed by atoms with Gasteiger partial charge < -0.3 is 0 Å². The highest BCUT2D eigenvalue weighted by atomic mass is 35.5. The maximum atomic E-state index is 6.16. The fourth-order valence-electron chi connectivity index (χ4n) is 2.02. The summed E-state index contributed by atoms with van der Waals surface area (Å²) in [6, 6.07) is 23.7. The van der Waals surface area contributed by atoms with Gasteiger partial charge in [-0.05, 0) is 36.4 Å². The summed E-state index contributed by atoms with van der Waals surface area (Å²) in [6.07, 6.45) is 1.83. The van der Waals surface area contributed by atoms with Crippen molar-refractivity contribution < 1.29 is 0 Å². The Morgan fingerprint density at radius 3 is 2.35 bits per heavy atom. The molecule has 0 saturated heterocycles. The quantitative estimate of drug-likeness (QED) is 0.462. The van der Waals surface area contributed by atoms with Crippen molar-refractivity contribution in [1.82, 2.24) is 0 Å². The Kier molecular flexibility index (Phi) is 5.39. The molecule has 114 valence electrons. The van der Waals surface area contributed by atoms with E-state index in [1.54, 1.807) is 23.9 Å². The third-order valence-corrected chi connectivity index (χ3v) is 4.78. The number of hydrogen-bond donors (Lipinski definition) is 0. The third kappa shape index (κ3) is 4.38. The molecular formula is C19H13Cl2NS. The van der Waals surface area contributed by atoms with Gasteiger partial charge in [0.05, 0.1) is 10.7 Å². The van der Waals surface area contributed by atoms with E-state index >= 15 is 0 Å². The van der Waals surface area contributed by atoms with Crippen LogP contribution in [0.5, 0.6) is 0 Å². The standard InChI is InChI=1S/C19H13Cl2NS/c20-15-10-11-18(17(21)12-15)22-13-14-6-4-5-9-19(14)23-16-7-2-1-3-8-16/h1-13H. The molecule has 3 aromatic rings. The molecule has 0 fully saturated rings. The van der Waals surface area contributed by atoms with Crippen LogP contribution in [0.4, 0.5) is 5.69 Å². The lowest BCUT2D eigenvalue weighted by molar-refractivity contribution is 1.38. The Balaban J connectivity index is 1.87. The molecule has 0 bridgehead atoms. The topological polar surface area (TPSA) is 12.4 Å². The van der Waals surface area contributed by atoms with Gasteiger partial charge in [-0.3, -0.25) is 4.99 Å². The zero-order valence-corrected chi connectivity index (χ0v) is 14.4. The van der Waals surface area contributed by atoms with E-state index in [0.717, 1.165) is 10.5 Å². The lowest BCUT2D eigenvalue weighted by atomic mass is 10.2. The van der Waals surface area contributed by atoms with Crippen LogP contribution in [0, 0.1) is 0 Å². The molecule has 0 aliphatic rings. The molecule has 0 aliphatic heterocycles. The molecule has 0 N–H and O–H groups in total. The van der Waals surface area contributed by atoms with Gasteiger partial charge >= 0.3 is 0 Å². The van der Waals surface area contributed by atoms with Crippen molar-refractivity contribution in [2.24, 2.45) is 4.99 Å². The monoisotopic (exact) mass is 357 g/mol. The maximum Gasteiger partial charge on any atom is 0.0817 e. The van der Waals surface area contributed by atoms with Crippen molar-refractivity contribution >= 4 is 46.9 Å². The Morgan fingerprint density at radius 1 is 0.826 bits per heavy atom. The zero-order valence-electron chi connectivity index (χ0n) is 12.1. The molecule has 23 heavy (non-hydrogen) atoms. The Hall–Kier alpha value is -1.74. The van der Waals surface area contributed by atoms with Crippen LogP contribution in [0.1, 0.15) is 5.56 Å². The fraction of sp³-hybridized carbons (Fsp3) is 0. The van der Waals surface area contributed by atoms with Crippen LogP contribution < -0.4 is 0 Å². The molecular weight excluding hydrogens is 345 g/mol. The van der Waals surface area contributed by atoms with Crippen LogP contribution in [0.2, 0.25) is 10.0 Å². The molecule has 0 aromatic heterocycles. The van der Waals surface area contributed by atoms with E-state index in [-0.39, 0.29) is 0 Å². The zero-order chi connectivity index (χ0) is 16.1. The summed E-state index contributed by atoms with van der Waals surface area (Å²) in [5.74, 6) is 0. The van der Waals surface area contributed by atoms with Crippen LogP contribution in [-0.2, 0) is 0 Å². The highest BCUT2D eigenvalue weighted by Crippen LogP contribution is 2.31. The van der Waals surface area contributed by atoms with Gasteiger partial charge in [0.25, 0.3) is 0 Å². The predicted octanol–water partition coefficient (Wildman–Crippen LogP) is 6.90. The fourth-order valence-corrected chi connectivity index (χ4v) is 3.41. The molecule has 3 aromatic carbocycles. The van der Waals surface area contributed by atoms with Gasteiger partial charge in [-0.1, -0.05) is 71.4 Å². The Morgan fingerprint density at radius 2 is 1.57 bits per heavy atom. The SMILES string of the molecule is Clc1ccc(N=Cc2ccccc2Sc2ccccc2)c(Cl)c1. The average Bonchev–Trinajstić information content (AvgIpc) is 2.56. The van der Waals surface area contributed by atoms with E-state index in [1.165, 1.54) is 4.90 Å². The summed E-state index contributed by atoms with van der Waals surface area (Å²) in [4.78, 5) is 6.83. The summed E-state index contributed by atoms with van der Waals surface area (Å²) in [5, 5.41) is 1.15. The smallest absolute Gasteiger partial charge is 0.0817 e. The van der Waals surface area contributed by atoms with Crippen molar-refractivity contribution in [3.8, 4) is 0 Å². The molecule has 0 amide bonds. The van der Waals surface area contributed by atoms with Gasteiger partial charge in [0.2, 0.25) is 0 Å². The number of nitrogens with zero attached hydrogens (tertiary/aromatic N) is 1. The average molecular weight is 358 g/mol. The third-order valence-electron chi connectivity index (χ3n) is 3.14. The second-order valence-electron chi connectivity index (χ2n) is 4.81. The lowest BCUT2D eigenvalue weighted by Crippen LogP contribution is -1.85. The number of halogens is 2. The minimum atomic E-state index is 0.543. The van der Waals surface area contributed by atoms with Crippen LogP contribution in [0.15, 0.2) is 87.6 Å². The lowest BCUT2D eigenvalue weighted by Gasteiger charge is -2.05. The van der Waals surface area contributed by atoms with Crippen LogP contribution in [0.3, 0.4) is 0 Å². The van der Waals surface area contributed by atoms with Gasteiger partial charge in [-0.15, -0.1) is 0 Å². The molecule has 0 radical (unpaired) electrons. The highest BCUT2D eigenvalue weighted by Gasteiger charge is 2.03. The maximum absolute atomic E-state index is 6.16. The normalized spacial score (nSPS) is 11.0. The van der Waals surface area contributed by atoms with Gasteiger partial charge in [0, 0.05) is 26.6 Å². The van der Waals surface area contributed by atoms with Crippen molar-refractivity contribution in [3.63, 3.8) is 0 Å². The van der Waals surface area contributed by atoms with Crippen LogP contribution >= 0.6 is 35.0 Å². The van der Waals surface area contributed by atoms with E-state index in [4.69, 9.17) is 23.2 Å². The molecule has 0 spiro atoms. The summed E-state index contributed by atoms with van der Waals surface area (Å²) < 4.78 is 0. The largest absolute Gasteiger partial charge is 0.255 e. The Labute approximate surface area is 150 Å². The van der Waals surface area contributed by atoms with Crippen LogP contribution in [-0.4, -0.2) is 6.21 Å². The summed E-state index contributed by atoms with van der Waals surface area (Å²) in [5.41, 5.74) is 1.75. The van der Waals surface area contributed by atoms with Crippen molar-refractivity contribution in [1.29, 1.82) is 0 Å². The number of benzene rings is 3. The second kappa shape index (κ2) is 7.69. The Bertz CT molecular complexity index is 832. The van der Waals surface area contributed by atoms with E-state index in [1.807, 2.05) is 48.7 Å². The van der Waals surface area contributed by atoms with Gasteiger partial charge in [-0.25, -0.2) is 0 Å². The van der Waals surface area contributed by atoms with Gasteiger partial charge in [0.15, 0.2) is 0 Å². The van der Waals surface area contributed by atoms with Crippen molar-refractivity contribution in [3.05, 3.63) is 88.4 Å². The first-order valence-electron chi connectivity index (χ1n) is 7.03. The molecule has 3 rings (SSSR count). The molecule has 0 heterocycles. The molecule has 1 nitrogen and oxygen atoms in total. The first-order chi connectivity index (χ1) is 11.2. The predicted molar refractivity (Wildman–Crippen MR) is 101 cm³/mol. The minimum absolute atomic E-state index is 0.543. The molecule has 0 atom stereocenters. The first-order valence-corrected chi connectivity index (χ1v) is 8.61.